The molecule has 1 fully saturated rings. The van der Waals surface area contributed by atoms with Gasteiger partial charge in [-0.15, -0.1) is 0 Å². The van der Waals surface area contributed by atoms with Gasteiger partial charge in [0.15, 0.2) is 0 Å². The number of anilines is 1. The van der Waals surface area contributed by atoms with Crippen LogP contribution in [0.1, 0.15) is 26.0 Å². The van der Waals surface area contributed by atoms with Gasteiger partial charge in [0.25, 0.3) is 0 Å². The van der Waals surface area contributed by atoms with Gasteiger partial charge in [0.2, 0.25) is 0 Å². The Bertz CT molecular complexity index is 414. The van der Waals surface area contributed by atoms with Crippen LogP contribution >= 0.6 is 0 Å². The lowest BCUT2D eigenvalue weighted by Gasteiger charge is -2.19. The molecule has 4 nitrogen and oxygen atoms in total. The van der Waals surface area contributed by atoms with Crippen LogP contribution in [0.15, 0.2) is 18.2 Å². The Hall–Kier alpha value is -1.58. The number of nitrogens with one attached hydrogen (secondary N) is 1. The zero-order chi connectivity index (χ0) is 12.4. The van der Waals surface area contributed by atoms with E-state index < -0.39 is 0 Å². The van der Waals surface area contributed by atoms with Crippen molar-refractivity contribution >= 4 is 11.7 Å². The normalized spacial score (nSPS) is 19.9. The van der Waals surface area contributed by atoms with Gasteiger partial charge >= 0.3 is 0 Å². The van der Waals surface area contributed by atoms with Gasteiger partial charge in [-0.2, -0.15) is 0 Å². The summed E-state index contributed by atoms with van der Waals surface area (Å²) < 4.78 is 0. The first-order chi connectivity index (χ1) is 8.08. The van der Waals surface area contributed by atoms with Gasteiger partial charge in [-0.05, 0) is 30.4 Å². The smallest absolute Gasteiger partial charge is 0.141 e. The first-order valence-electron chi connectivity index (χ1n) is 6.14. The standard InChI is InChI=1S/C13H20N4/c1-9(2)10-6-7-17(8-10)12-5-3-4-11(16-12)13(14)15/h3-5,9-10H,6-8H2,1-2H3,(H3,14,15). The molecule has 0 amide bonds. The molecule has 17 heavy (non-hydrogen) atoms. The van der Waals surface area contributed by atoms with E-state index in [1.807, 2.05) is 12.1 Å². The van der Waals surface area contributed by atoms with Crippen LogP contribution in [0.4, 0.5) is 5.82 Å². The first-order valence-corrected chi connectivity index (χ1v) is 6.14. The quantitative estimate of drug-likeness (QED) is 0.617. The largest absolute Gasteiger partial charge is 0.382 e. The van der Waals surface area contributed by atoms with Crippen molar-refractivity contribution in [1.29, 1.82) is 5.41 Å². The third-order valence-electron chi connectivity index (χ3n) is 3.50. The number of nitrogen functional groups attached to an aromatic ring is 1. The summed E-state index contributed by atoms with van der Waals surface area (Å²) in [6.45, 7) is 6.66. The lowest BCUT2D eigenvalue weighted by molar-refractivity contribution is 0.422. The molecule has 1 aliphatic heterocycles. The molecule has 4 heteroatoms. The summed E-state index contributed by atoms with van der Waals surface area (Å²) in [6.07, 6.45) is 1.23. The van der Waals surface area contributed by atoms with E-state index in [0.29, 0.717) is 5.69 Å². The van der Waals surface area contributed by atoms with E-state index in [4.69, 9.17) is 11.1 Å². The highest BCUT2D eigenvalue weighted by Crippen LogP contribution is 2.27. The molecule has 0 radical (unpaired) electrons. The van der Waals surface area contributed by atoms with Gasteiger partial charge in [0, 0.05) is 13.1 Å². The Morgan fingerprint density at radius 1 is 1.53 bits per heavy atom. The fourth-order valence-corrected chi connectivity index (χ4v) is 2.29. The fourth-order valence-electron chi connectivity index (χ4n) is 2.29. The molecule has 2 heterocycles. The SMILES string of the molecule is CC(C)C1CCN(c2cccc(C(=N)N)n2)C1. The van der Waals surface area contributed by atoms with E-state index in [2.05, 4.69) is 23.7 Å². The third-order valence-corrected chi connectivity index (χ3v) is 3.50. The maximum absolute atomic E-state index is 7.41. The molecule has 3 N–H and O–H groups in total. The van der Waals surface area contributed by atoms with Crippen molar-refractivity contribution < 1.29 is 0 Å². The Morgan fingerprint density at radius 2 is 2.29 bits per heavy atom. The summed E-state index contributed by atoms with van der Waals surface area (Å²) in [5.74, 6) is 2.45. The minimum absolute atomic E-state index is 0.0338. The van der Waals surface area contributed by atoms with E-state index in [0.717, 1.165) is 30.7 Å². The molecular formula is C13H20N4. The van der Waals surface area contributed by atoms with Crippen molar-refractivity contribution in [1.82, 2.24) is 4.98 Å². The predicted octanol–water partition coefficient (Wildman–Crippen LogP) is 1.85. The number of hydrogen-bond donors (Lipinski definition) is 2. The number of nitrogens with two attached hydrogens (primary N) is 1. The highest BCUT2D eigenvalue weighted by molar-refractivity contribution is 5.93. The van der Waals surface area contributed by atoms with Crippen LogP contribution in [0.3, 0.4) is 0 Å². The number of nitrogens with zero attached hydrogens (tertiary/aromatic N) is 2. The Balaban J connectivity index is 2.13. The molecule has 2 rings (SSSR count). The second-order valence-corrected chi connectivity index (χ2v) is 5.03. The molecular weight excluding hydrogens is 212 g/mol. The van der Waals surface area contributed by atoms with Crippen LogP contribution in [0, 0.1) is 17.2 Å². The molecule has 1 aliphatic rings. The van der Waals surface area contributed by atoms with Gasteiger partial charge in [-0.1, -0.05) is 19.9 Å². The molecule has 0 aliphatic carbocycles. The van der Waals surface area contributed by atoms with Crippen LogP contribution < -0.4 is 10.6 Å². The van der Waals surface area contributed by atoms with Crippen LogP contribution in [0.25, 0.3) is 0 Å². The number of rotatable bonds is 3. The highest BCUT2D eigenvalue weighted by Gasteiger charge is 2.25. The lowest BCUT2D eigenvalue weighted by Crippen LogP contribution is -2.23. The molecule has 1 atom stereocenters. The summed E-state index contributed by atoms with van der Waals surface area (Å²) >= 11 is 0. The summed E-state index contributed by atoms with van der Waals surface area (Å²) in [5.41, 5.74) is 6.02. The van der Waals surface area contributed by atoms with Crippen molar-refractivity contribution in [2.24, 2.45) is 17.6 Å². The number of aromatic nitrogens is 1. The van der Waals surface area contributed by atoms with Crippen molar-refractivity contribution in [3.8, 4) is 0 Å². The van der Waals surface area contributed by atoms with Gasteiger partial charge in [0.05, 0.1) is 0 Å². The monoisotopic (exact) mass is 232 g/mol. The molecule has 1 aromatic heterocycles. The first kappa shape index (κ1) is 11.9. The van der Waals surface area contributed by atoms with Gasteiger partial charge < -0.3 is 10.6 Å². The van der Waals surface area contributed by atoms with Crippen LogP contribution in [-0.4, -0.2) is 23.9 Å². The molecule has 1 aromatic rings. The average Bonchev–Trinajstić information content (AvgIpc) is 2.78. The van der Waals surface area contributed by atoms with Crippen LogP contribution in [0.2, 0.25) is 0 Å². The summed E-state index contributed by atoms with van der Waals surface area (Å²) in [5, 5.41) is 7.41. The molecule has 1 unspecified atom stereocenters. The number of amidine groups is 1. The van der Waals surface area contributed by atoms with Crippen molar-refractivity contribution in [3.05, 3.63) is 23.9 Å². The summed E-state index contributed by atoms with van der Waals surface area (Å²) in [6, 6.07) is 5.69. The van der Waals surface area contributed by atoms with E-state index >= 15 is 0 Å². The number of pyridine rings is 1. The molecule has 0 bridgehead atoms. The second kappa shape index (κ2) is 4.73. The van der Waals surface area contributed by atoms with Gasteiger partial charge in [0.1, 0.15) is 17.3 Å². The lowest BCUT2D eigenvalue weighted by atomic mass is 9.95. The van der Waals surface area contributed by atoms with E-state index in [-0.39, 0.29) is 5.84 Å². The van der Waals surface area contributed by atoms with Gasteiger partial charge in [-0.3, -0.25) is 5.41 Å². The van der Waals surface area contributed by atoms with Crippen LogP contribution in [0.5, 0.6) is 0 Å². The van der Waals surface area contributed by atoms with E-state index in [1.54, 1.807) is 6.07 Å². The third kappa shape index (κ3) is 2.57. The molecule has 0 saturated carbocycles. The van der Waals surface area contributed by atoms with E-state index in [9.17, 15) is 0 Å². The summed E-state index contributed by atoms with van der Waals surface area (Å²) in [4.78, 5) is 6.71. The van der Waals surface area contributed by atoms with Crippen molar-refractivity contribution in [3.63, 3.8) is 0 Å². The van der Waals surface area contributed by atoms with Crippen molar-refractivity contribution in [2.45, 2.75) is 20.3 Å². The average molecular weight is 232 g/mol. The maximum atomic E-state index is 7.41. The van der Waals surface area contributed by atoms with Gasteiger partial charge in [-0.25, -0.2) is 4.98 Å². The second-order valence-electron chi connectivity index (χ2n) is 5.03. The van der Waals surface area contributed by atoms with Crippen LogP contribution in [-0.2, 0) is 0 Å². The van der Waals surface area contributed by atoms with E-state index in [1.165, 1.54) is 6.42 Å². The Morgan fingerprint density at radius 3 is 2.88 bits per heavy atom. The predicted molar refractivity (Wildman–Crippen MR) is 70.4 cm³/mol. The maximum Gasteiger partial charge on any atom is 0.141 e. The summed E-state index contributed by atoms with van der Waals surface area (Å²) in [7, 11) is 0. The molecule has 0 spiro atoms. The molecule has 0 aromatic carbocycles. The molecule has 92 valence electrons. The zero-order valence-electron chi connectivity index (χ0n) is 10.5. The Kier molecular flexibility index (Phi) is 3.31. The minimum atomic E-state index is 0.0338. The minimum Gasteiger partial charge on any atom is -0.382 e. The fraction of sp³-hybridized carbons (Fsp3) is 0.538. The highest BCUT2D eigenvalue weighted by atomic mass is 15.2. The Labute approximate surface area is 102 Å². The topological polar surface area (TPSA) is 66.0 Å². The number of hydrogen-bond acceptors (Lipinski definition) is 3. The molecule has 1 saturated heterocycles. The zero-order valence-corrected chi connectivity index (χ0v) is 10.5. The van der Waals surface area contributed by atoms with Crippen molar-refractivity contribution in [2.75, 3.05) is 18.0 Å².